The molecule has 15 atom stereocenters. The second-order valence-corrected chi connectivity index (χ2v) is 33.8. The van der Waals surface area contributed by atoms with Crippen LogP contribution >= 0.6 is 0 Å². The number of benzene rings is 1. The zero-order valence-electron chi connectivity index (χ0n) is 75.9. The first-order chi connectivity index (χ1) is 61.4. The van der Waals surface area contributed by atoms with Crippen molar-refractivity contribution in [2.24, 2.45) is 41.2 Å². The van der Waals surface area contributed by atoms with E-state index in [9.17, 15) is 43.8 Å². The summed E-state index contributed by atoms with van der Waals surface area (Å²) in [5.74, 6) is -6.78. The van der Waals surface area contributed by atoms with E-state index in [2.05, 4.69) is 25.7 Å². The number of cyclic esters (lactones) is 1. The minimum absolute atomic E-state index is 0.00902. The highest BCUT2D eigenvalue weighted by Gasteiger charge is 2.53. The van der Waals surface area contributed by atoms with Crippen molar-refractivity contribution in [3.05, 3.63) is 84.0 Å². The number of hydrogen-bond donors (Lipinski definition) is 7. The number of anilines is 1. The molecule has 35 heteroatoms. The van der Waals surface area contributed by atoms with E-state index in [1.165, 1.54) is 20.5 Å². The molecule has 0 spiro atoms. The summed E-state index contributed by atoms with van der Waals surface area (Å²) in [4.78, 5) is 112. The topological polar surface area (TPSA) is 446 Å². The molecule has 2 bridgehead atoms. The zero-order chi connectivity index (χ0) is 91.2. The number of rotatable bonds is 41. The number of piperidine rings is 1. The fourth-order valence-corrected chi connectivity index (χ4v) is 17.1. The third kappa shape index (κ3) is 31.0. The van der Waals surface area contributed by atoms with Gasteiger partial charge in [-0.05, 0) is 139 Å². The highest BCUT2D eigenvalue weighted by Crippen LogP contribution is 2.42. The number of alkyl carbamates (subject to hydrolysis) is 1. The van der Waals surface area contributed by atoms with Crippen molar-refractivity contribution in [1.29, 1.82) is 0 Å². The average Bonchev–Trinajstić information content (AvgIpc) is 1.62. The van der Waals surface area contributed by atoms with Gasteiger partial charge in [-0.15, -0.1) is 0 Å². The molecule has 0 unspecified atom stereocenters. The number of aliphatic hydroxyl groups excluding tert-OH is 1. The van der Waals surface area contributed by atoms with Crippen molar-refractivity contribution < 1.29 is 120 Å². The van der Waals surface area contributed by atoms with E-state index in [1.54, 1.807) is 52.5 Å². The van der Waals surface area contributed by atoms with Crippen molar-refractivity contribution in [1.82, 2.24) is 40.1 Å². The van der Waals surface area contributed by atoms with Gasteiger partial charge in [-0.3, -0.25) is 24.0 Å². The Morgan fingerprint density at radius 3 is 1.92 bits per heavy atom. The third-order valence-corrected chi connectivity index (χ3v) is 24.5. The van der Waals surface area contributed by atoms with Crippen LogP contribution in [-0.2, 0) is 99.8 Å². The van der Waals surface area contributed by atoms with E-state index in [1.807, 2.05) is 68.5 Å². The van der Waals surface area contributed by atoms with Gasteiger partial charge in [-0.2, -0.15) is 5.10 Å². The first kappa shape index (κ1) is 103. The number of methoxy groups -OCH3 is 4. The molecule has 2 saturated heterocycles. The van der Waals surface area contributed by atoms with Gasteiger partial charge in [0, 0.05) is 94.8 Å². The number of amides is 3. The number of carbonyl (C=O) groups excluding carboxylic acids is 7. The number of aromatic nitrogens is 5. The number of Topliss-reactive ketones (excluding diaryl/α,β-unsaturated/α-hetero) is 3. The van der Waals surface area contributed by atoms with Crippen molar-refractivity contribution in [2.45, 2.75) is 211 Å². The van der Waals surface area contributed by atoms with Crippen molar-refractivity contribution >= 4 is 63.5 Å². The lowest BCUT2D eigenvalue weighted by Gasteiger charge is -2.42. The molecule has 0 radical (unpaired) electrons. The number of H-pyrrole nitrogens is 1. The molecule has 4 aromatic rings. The molecular weight excluding hydrogens is 1650 g/mol. The fraction of sp³-hybridized carbons (Fsp3) is 0.696. The standard InChI is InChI=1S/C92H140N10O25/c1-59-17-12-11-13-18-60(2)76(113-8)56-69-28-22-64(6)92(111,127-69)85(106)89(108)101-32-15-14-20-72(101)90(109)125-77(57-73(103)61(3)52-63(5)83(105)84(115-10)82(104)62(4)51-59)70(93)53-65-23-29-74(78(54-65)114-9)126-91(110)96-31-34-117-36-38-119-40-42-121-44-46-123-48-50-124-49-47-122-45-43-120-41-39-118-37-35-116-33-30-95-88(107)67-26-24-66(25-27-67)87-100-80(81-86(94)97-58-98-102(81)87)71-55-68-19-16-21-75(112-7)79(68)99-71/h11-13,16-19,21,52,55,58-59,61-62,64-67,69-70,72,74,76-78,83-84,99,105,111H,14-15,20,22-51,53-54,56-57,93H2,1-10H3,(H,95,107)(H,96,110)(H2,94,97,98)/b13-11+,17-12+,60-18+,63-52+/t59-,61-,62-,64-,65+,66?,67?,69+,70-,72+,74-,76+,77+,78-,83-,84+,92-/m1/s1. The number of fused-ring (bicyclic) bond motifs is 5. The zero-order valence-corrected chi connectivity index (χ0v) is 75.9. The number of nitrogens with zero attached hydrogens (tertiary/aromatic N) is 5. The van der Waals surface area contributed by atoms with E-state index < -0.39 is 108 Å². The molecule has 4 fully saturated rings. The lowest BCUT2D eigenvalue weighted by molar-refractivity contribution is -0.265. The van der Waals surface area contributed by atoms with E-state index in [-0.39, 0.29) is 87.3 Å². The number of nitrogens with two attached hydrogens (primary N) is 2. The fourth-order valence-electron chi connectivity index (χ4n) is 17.1. The molecule has 9 rings (SSSR count). The second-order valence-electron chi connectivity index (χ2n) is 33.8. The molecule has 35 nitrogen and oxygen atoms in total. The van der Waals surface area contributed by atoms with Crippen LogP contribution in [-0.4, -0.2) is 309 Å². The van der Waals surface area contributed by atoms with Gasteiger partial charge in [0.15, 0.2) is 11.6 Å². The van der Waals surface area contributed by atoms with Crippen LogP contribution in [0.1, 0.15) is 156 Å². The Balaban J connectivity index is 0.581. The Kier molecular flexibility index (Phi) is 43.6. The summed E-state index contributed by atoms with van der Waals surface area (Å²) < 4.78 is 93.6. The molecule has 2 saturated carbocycles. The Morgan fingerprint density at radius 2 is 1.31 bits per heavy atom. The SMILES string of the molecule is COc1cccc2cc(-c3nc(C4CCC(C(=O)NCCOCCOCCOCCOCCOCCOCCOCCOCCOCCNC(=O)O[C@@H]5CC[C@@H](C[C@@H](N)[C@@H]6CC(=O)[C@H](C)/C=C(\C)[C@@H](O)[C@@H](OC)C(=O)[C@H](C)C[C@H](C)/C=C/C=C/C=C(\C)[C@@H](OC)C[C@@H]7CC[C@@H](C)[C@@](O)(O7)C(=O)C(=O)N7CCCC[C@H]7C(=O)O6)C[C@H]5OC)CC4)n4ncnc(N)c34)[nH]c12. The number of imidazole rings is 1. The van der Waals surface area contributed by atoms with Gasteiger partial charge >= 0.3 is 12.1 Å². The number of aliphatic hydroxyl groups is 2. The molecule has 127 heavy (non-hydrogen) atoms. The van der Waals surface area contributed by atoms with Gasteiger partial charge < -0.3 is 118 Å². The summed E-state index contributed by atoms with van der Waals surface area (Å²) in [5, 5.41) is 35.0. The van der Waals surface area contributed by atoms with E-state index in [0.29, 0.717) is 186 Å². The summed E-state index contributed by atoms with van der Waals surface area (Å²) in [6.45, 7) is 18.0. The minimum Gasteiger partial charge on any atom is -0.495 e. The Hall–Kier alpha value is -8.08. The smallest absolute Gasteiger partial charge is 0.407 e. The summed E-state index contributed by atoms with van der Waals surface area (Å²) in [6.07, 6.45) is 12.6. The largest absolute Gasteiger partial charge is 0.495 e. The lowest BCUT2D eigenvalue weighted by Crippen LogP contribution is -2.61. The van der Waals surface area contributed by atoms with E-state index >= 15 is 0 Å². The molecule has 6 heterocycles. The molecule has 9 N–H and O–H groups in total. The van der Waals surface area contributed by atoms with Gasteiger partial charge in [0.2, 0.25) is 11.7 Å². The first-order valence-corrected chi connectivity index (χ1v) is 45.2. The van der Waals surface area contributed by atoms with Crippen LogP contribution in [0.25, 0.3) is 27.8 Å². The molecule has 2 aliphatic carbocycles. The number of aromatic amines is 1. The highest BCUT2D eigenvalue weighted by molar-refractivity contribution is 6.39. The quantitative estimate of drug-likeness (QED) is 0.00956. The number of nitrogen functional groups attached to an aromatic ring is 1. The summed E-state index contributed by atoms with van der Waals surface area (Å²) in [6, 6.07) is 5.67. The van der Waals surface area contributed by atoms with Gasteiger partial charge in [-0.25, -0.2) is 24.1 Å². The van der Waals surface area contributed by atoms with Gasteiger partial charge in [0.25, 0.3) is 11.7 Å². The number of ether oxygens (including phenoxy) is 16. The van der Waals surface area contributed by atoms with Crippen LogP contribution in [0.4, 0.5) is 10.6 Å². The average molecular weight is 1790 g/mol. The molecular formula is C92H140N10O25. The van der Waals surface area contributed by atoms with E-state index in [4.69, 9.17) is 92.2 Å². The predicted molar refractivity (Wildman–Crippen MR) is 470 cm³/mol. The van der Waals surface area contributed by atoms with Gasteiger partial charge in [0.05, 0.1) is 156 Å². The minimum atomic E-state index is -2.50. The Morgan fingerprint density at radius 1 is 0.693 bits per heavy atom. The maximum atomic E-state index is 14.7. The molecule has 3 amide bonds. The van der Waals surface area contributed by atoms with Crippen LogP contribution in [0, 0.1) is 35.5 Å². The predicted octanol–water partition coefficient (Wildman–Crippen LogP) is 8.02. The Labute approximate surface area is 745 Å². The van der Waals surface area contributed by atoms with Crippen molar-refractivity contribution in [3.63, 3.8) is 0 Å². The van der Waals surface area contributed by atoms with Crippen LogP contribution in [0.3, 0.4) is 0 Å². The van der Waals surface area contributed by atoms with Crippen LogP contribution in [0.15, 0.2) is 78.2 Å². The van der Waals surface area contributed by atoms with E-state index in [0.717, 1.165) is 64.3 Å². The van der Waals surface area contributed by atoms with Crippen LogP contribution < -0.4 is 26.8 Å². The summed E-state index contributed by atoms with van der Waals surface area (Å²) in [7, 11) is 6.08. The number of allylic oxidation sites excluding steroid dienone is 6. The number of carbonyl (C=O) groups is 7. The van der Waals surface area contributed by atoms with Crippen molar-refractivity contribution in [2.75, 3.05) is 173 Å². The molecule has 3 aliphatic heterocycles. The molecule has 1 aromatic carbocycles. The molecule has 708 valence electrons. The number of hydrogen-bond acceptors (Lipinski definition) is 30. The maximum absolute atomic E-state index is 14.7. The van der Waals surface area contributed by atoms with Gasteiger partial charge in [0.1, 0.15) is 65.4 Å². The highest BCUT2D eigenvalue weighted by atomic mass is 16.6. The normalized spacial score (nSPS) is 28.3. The van der Waals surface area contributed by atoms with Crippen molar-refractivity contribution in [3.8, 4) is 17.1 Å². The van der Waals surface area contributed by atoms with Gasteiger partial charge in [-0.1, -0.05) is 76.3 Å². The maximum Gasteiger partial charge on any atom is 0.407 e. The molecule has 5 aliphatic rings. The Bertz CT molecular complexity index is 4210. The summed E-state index contributed by atoms with van der Waals surface area (Å²) in [5.41, 5.74) is 17.6. The second kappa shape index (κ2) is 53.9. The molecule has 3 aromatic heterocycles. The van der Waals surface area contributed by atoms with Crippen LogP contribution in [0.5, 0.6) is 5.75 Å². The number of esters is 1. The first-order valence-electron chi connectivity index (χ1n) is 45.2. The lowest BCUT2D eigenvalue weighted by atomic mass is 9.80. The monoisotopic (exact) mass is 1780 g/mol. The number of nitrogens with one attached hydrogen (secondary N) is 3. The van der Waals surface area contributed by atoms with Crippen LogP contribution in [0.2, 0.25) is 0 Å². The third-order valence-electron chi connectivity index (χ3n) is 24.5. The summed E-state index contributed by atoms with van der Waals surface area (Å²) >= 11 is 0. The number of para-hydroxylation sites is 1. The number of ketones is 3.